The maximum atomic E-state index is 14.8. The summed E-state index contributed by atoms with van der Waals surface area (Å²) < 4.78 is 14.8. The van der Waals surface area contributed by atoms with E-state index in [2.05, 4.69) is 25.1 Å². The Hall–Kier alpha value is -4.60. The molecule has 0 fully saturated rings. The Morgan fingerprint density at radius 3 is 2.71 bits per heavy atom. The van der Waals surface area contributed by atoms with E-state index < -0.39 is 11.9 Å². The van der Waals surface area contributed by atoms with Crippen molar-refractivity contribution in [3.05, 3.63) is 82.2 Å². The van der Waals surface area contributed by atoms with Crippen LogP contribution >= 0.6 is 0 Å². The van der Waals surface area contributed by atoms with Gasteiger partial charge in [0.05, 0.1) is 11.1 Å². The van der Waals surface area contributed by atoms with Crippen molar-refractivity contribution >= 4 is 34.0 Å². The zero-order valence-corrected chi connectivity index (χ0v) is 18.0. The number of aromatic nitrogens is 5. The predicted octanol–water partition coefficient (Wildman–Crippen LogP) is 4.10. The lowest BCUT2D eigenvalue weighted by molar-refractivity contribution is 0.202. The van der Waals surface area contributed by atoms with E-state index in [0.717, 1.165) is 15.8 Å². The number of benzene rings is 2. The van der Waals surface area contributed by atoms with Crippen molar-refractivity contribution in [1.82, 2.24) is 25.1 Å². The third-order valence-corrected chi connectivity index (χ3v) is 5.62. The minimum atomic E-state index is -1.14. The van der Waals surface area contributed by atoms with E-state index in [1.54, 1.807) is 37.3 Å². The molecule has 0 radical (unpaired) electrons. The van der Waals surface area contributed by atoms with Crippen LogP contribution in [0, 0.1) is 5.82 Å². The number of carbonyl (C=O) groups is 1. The highest BCUT2D eigenvalue weighted by molar-refractivity contribution is 5.87. The van der Waals surface area contributed by atoms with Crippen molar-refractivity contribution in [1.29, 1.82) is 0 Å². The molecule has 0 aliphatic heterocycles. The summed E-state index contributed by atoms with van der Waals surface area (Å²) in [7, 11) is 0. The van der Waals surface area contributed by atoms with Gasteiger partial charge in [0, 0.05) is 35.7 Å². The first-order chi connectivity index (χ1) is 16.4. The Kier molecular flexibility index (Phi) is 5.25. The number of anilines is 1. The molecule has 2 aromatic carbocycles. The van der Waals surface area contributed by atoms with E-state index in [4.69, 9.17) is 0 Å². The van der Waals surface area contributed by atoms with Gasteiger partial charge < -0.3 is 10.1 Å². The lowest BCUT2D eigenvalue weighted by atomic mass is 9.99. The quantitative estimate of drug-likeness (QED) is 0.364. The van der Waals surface area contributed by atoms with Crippen LogP contribution < -0.4 is 10.5 Å². The number of hydrogen-bond acceptors (Lipinski definition) is 5. The molecule has 0 saturated heterocycles. The molecular weight excluding hydrogens is 439 g/mol. The topological polar surface area (TPSA) is 128 Å². The van der Waals surface area contributed by atoms with Crippen LogP contribution in [0.15, 0.2) is 59.5 Å². The lowest BCUT2D eigenvalue weighted by Gasteiger charge is -2.12. The van der Waals surface area contributed by atoms with Gasteiger partial charge in [0.1, 0.15) is 11.3 Å². The number of halogens is 1. The second-order valence-electron chi connectivity index (χ2n) is 7.71. The Labute approximate surface area is 191 Å². The Bertz CT molecular complexity index is 1610. The molecule has 3 heterocycles. The van der Waals surface area contributed by atoms with E-state index in [-0.39, 0.29) is 18.1 Å². The average molecular weight is 458 g/mol. The molecule has 5 rings (SSSR count). The summed E-state index contributed by atoms with van der Waals surface area (Å²) in [6, 6.07) is 13.6. The molecule has 5 aromatic rings. The third kappa shape index (κ3) is 3.75. The third-order valence-electron chi connectivity index (χ3n) is 5.62. The van der Waals surface area contributed by atoms with Crippen LogP contribution in [-0.2, 0) is 6.42 Å². The number of rotatable bonds is 5. The molecule has 9 nitrogen and oxygen atoms in total. The Morgan fingerprint density at radius 1 is 1.15 bits per heavy atom. The molecule has 0 aliphatic rings. The molecule has 34 heavy (non-hydrogen) atoms. The first-order valence-electron chi connectivity index (χ1n) is 10.6. The van der Waals surface area contributed by atoms with Gasteiger partial charge in [0.25, 0.3) is 5.56 Å². The van der Waals surface area contributed by atoms with Gasteiger partial charge in [-0.1, -0.05) is 24.3 Å². The molecule has 0 bridgehead atoms. The van der Waals surface area contributed by atoms with Crippen molar-refractivity contribution < 1.29 is 14.3 Å². The van der Waals surface area contributed by atoms with Gasteiger partial charge in [-0.3, -0.25) is 4.79 Å². The highest BCUT2D eigenvalue weighted by Gasteiger charge is 2.18. The SMILES string of the molecule is CCN(C(=O)O)c1nc2cc(-c3cc(Cc4n[nH]c(=O)c5ccccc45)ccc3F)cnc2[nH]1. The summed E-state index contributed by atoms with van der Waals surface area (Å²) in [6.45, 7) is 1.91. The minimum absolute atomic E-state index is 0.153. The van der Waals surface area contributed by atoms with Gasteiger partial charge in [-0.15, -0.1) is 0 Å². The fraction of sp³-hybridized carbons (Fsp3) is 0.125. The summed E-state index contributed by atoms with van der Waals surface area (Å²) in [4.78, 5) is 36.0. The van der Waals surface area contributed by atoms with Crippen LogP contribution in [0.2, 0.25) is 0 Å². The first-order valence-corrected chi connectivity index (χ1v) is 10.6. The molecule has 1 amide bonds. The van der Waals surface area contributed by atoms with Crippen molar-refractivity contribution in [3.63, 3.8) is 0 Å². The summed E-state index contributed by atoms with van der Waals surface area (Å²) in [5.74, 6) is -0.277. The molecule has 170 valence electrons. The van der Waals surface area contributed by atoms with Crippen molar-refractivity contribution in [3.8, 4) is 11.1 Å². The summed E-state index contributed by atoms with van der Waals surface area (Å²) in [5, 5.41) is 17.3. The van der Waals surface area contributed by atoms with E-state index in [0.29, 0.717) is 39.8 Å². The normalized spacial score (nSPS) is 11.2. The number of pyridine rings is 1. The van der Waals surface area contributed by atoms with Gasteiger partial charge >= 0.3 is 6.09 Å². The Morgan fingerprint density at radius 2 is 1.94 bits per heavy atom. The molecule has 10 heteroatoms. The lowest BCUT2D eigenvalue weighted by Crippen LogP contribution is -2.29. The number of nitrogens with one attached hydrogen (secondary N) is 2. The summed E-state index contributed by atoms with van der Waals surface area (Å²) in [6.07, 6.45) is 0.762. The van der Waals surface area contributed by atoms with Crippen molar-refractivity contribution in [2.24, 2.45) is 0 Å². The predicted molar refractivity (Wildman–Crippen MR) is 125 cm³/mol. The molecule has 3 aromatic heterocycles. The van der Waals surface area contributed by atoms with Crippen LogP contribution in [0.1, 0.15) is 18.2 Å². The molecule has 0 unspecified atom stereocenters. The van der Waals surface area contributed by atoms with Crippen LogP contribution in [0.5, 0.6) is 0 Å². The minimum Gasteiger partial charge on any atom is -0.465 e. The summed E-state index contributed by atoms with van der Waals surface area (Å²) in [5.41, 5.74) is 2.86. The van der Waals surface area contributed by atoms with Crippen molar-refractivity contribution in [2.45, 2.75) is 13.3 Å². The number of fused-ring (bicyclic) bond motifs is 2. The van der Waals surface area contributed by atoms with Gasteiger partial charge in [-0.2, -0.15) is 5.10 Å². The average Bonchev–Trinajstić information content (AvgIpc) is 3.25. The van der Waals surface area contributed by atoms with E-state index in [9.17, 15) is 19.1 Å². The molecule has 3 N–H and O–H groups in total. The molecule has 0 atom stereocenters. The number of nitrogens with zero attached hydrogens (tertiary/aromatic N) is 4. The molecule has 0 spiro atoms. The van der Waals surface area contributed by atoms with E-state index in [1.165, 1.54) is 12.3 Å². The first kappa shape index (κ1) is 21.3. The van der Waals surface area contributed by atoms with Gasteiger partial charge in [-0.25, -0.2) is 29.2 Å². The largest absolute Gasteiger partial charge is 0.465 e. The number of aromatic amines is 2. The highest BCUT2D eigenvalue weighted by atomic mass is 19.1. The number of carboxylic acid groups (broad SMARTS) is 1. The van der Waals surface area contributed by atoms with Crippen LogP contribution in [0.4, 0.5) is 15.1 Å². The number of imidazole rings is 1. The zero-order valence-electron chi connectivity index (χ0n) is 18.0. The molecule has 0 saturated carbocycles. The number of amides is 1. The number of hydrogen-bond donors (Lipinski definition) is 3. The van der Waals surface area contributed by atoms with Gasteiger partial charge in [0.2, 0.25) is 5.95 Å². The van der Waals surface area contributed by atoms with Crippen LogP contribution in [-0.4, -0.2) is 42.9 Å². The number of H-pyrrole nitrogens is 2. The molecule has 0 aliphatic carbocycles. The molecular formula is C24H19FN6O3. The second kappa shape index (κ2) is 8.39. The van der Waals surface area contributed by atoms with E-state index in [1.807, 2.05) is 12.1 Å². The van der Waals surface area contributed by atoms with Crippen LogP contribution in [0.3, 0.4) is 0 Å². The summed E-state index contributed by atoms with van der Waals surface area (Å²) >= 11 is 0. The Balaban J connectivity index is 1.53. The van der Waals surface area contributed by atoms with Crippen molar-refractivity contribution in [2.75, 3.05) is 11.4 Å². The fourth-order valence-corrected chi connectivity index (χ4v) is 3.94. The standard InChI is InChI=1S/C24H19FN6O3/c1-2-31(24(33)34)23-27-20-11-14(12-26-21(20)28-23)17-9-13(7-8-18(17)25)10-19-15-5-3-4-6-16(15)22(32)30-29-19/h3-9,11-12H,2,10H2,1H3,(H,30,32)(H,33,34)(H,26,27,28). The van der Waals surface area contributed by atoms with Gasteiger partial charge in [0.15, 0.2) is 5.65 Å². The second-order valence-corrected chi connectivity index (χ2v) is 7.71. The smallest absolute Gasteiger partial charge is 0.414 e. The van der Waals surface area contributed by atoms with Crippen LogP contribution in [0.25, 0.3) is 33.1 Å². The highest BCUT2D eigenvalue weighted by Crippen LogP contribution is 2.28. The van der Waals surface area contributed by atoms with E-state index >= 15 is 0 Å². The zero-order chi connectivity index (χ0) is 23.8. The maximum Gasteiger partial charge on any atom is 0.414 e. The maximum absolute atomic E-state index is 14.8. The monoisotopic (exact) mass is 458 g/mol. The fourth-order valence-electron chi connectivity index (χ4n) is 3.94. The van der Waals surface area contributed by atoms with Gasteiger partial charge in [-0.05, 0) is 36.8 Å².